The Hall–Kier alpha value is -2.74. The van der Waals surface area contributed by atoms with Crippen LogP contribution in [0.5, 0.6) is 0 Å². The number of hydrogen-bond acceptors (Lipinski definition) is 5. The van der Waals surface area contributed by atoms with Gasteiger partial charge < -0.3 is 15.2 Å². The van der Waals surface area contributed by atoms with Crippen LogP contribution >= 0.6 is 0 Å². The summed E-state index contributed by atoms with van der Waals surface area (Å²) in [6.07, 6.45) is 3.90. The van der Waals surface area contributed by atoms with Gasteiger partial charge in [-0.05, 0) is 43.5 Å². The van der Waals surface area contributed by atoms with Crippen LogP contribution in [0, 0.1) is 6.92 Å². The Morgan fingerprint density at radius 2 is 2.12 bits per heavy atom. The number of nitrogens with zero attached hydrogens (tertiary/aromatic N) is 3. The molecule has 3 rings (SSSR count). The molecule has 1 aliphatic rings. The van der Waals surface area contributed by atoms with E-state index >= 15 is 0 Å². The van der Waals surface area contributed by atoms with E-state index in [-0.39, 0.29) is 12.3 Å². The van der Waals surface area contributed by atoms with E-state index in [0.29, 0.717) is 31.6 Å². The molecule has 0 unspecified atom stereocenters. The van der Waals surface area contributed by atoms with E-state index in [1.807, 2.05) is 6.92 Å². The van der Waals surface area contributed by atoms with E-state index in [9.17, 15) is 14.7 Å². The Labute approximate surface area is 144 Å². The Morgan fingerprint density at radius 3 is 2.72 bits per heavy atom. The molecule has 2 heterocycles. The van der Waals surface area contributed by atoms with E-state index in [1.54, 1.807) is 29.2 Å². The minimum absolute atomic E-state index is 0.113. The summed E-state index contributed by atoms with van der Waals surface area (Å²) in [4.78, 5) is 27.8. The van der Waals surface area contributed by atoms with Crippen molar-refractivity contribution in [3.8, 4) is 5.69 Å². The number of ether oxygens (including phenoxy) is 1. The molecule has 1 aromatic heterocycles. The molecule has 8 heteroatoms. The molecule has 0 atom stereocenters. The van der Waals surface area contributed by atoms with Crippen LogP contribution in [0.15, 0.2) is 30.9 Å². The predicted octanol–water partition coefficient (Wildman–Crippen LogP) is 1.33. The molecule has 0 bridgehead atoms. The fraction of sp³-hybridized carbons (Fsp3) is 0.412. The van der Waals surface area contributed by atoms with E-state index < -0.39 is 11.5 Å². The zero-order chi connectivity index (χ0) is 17.9. The maximum Gasteiger partial charge on any atom is 0.305 e. The summed E-state index contributed by atoms with van der Waals surface area (Å²) in [6.45, 7) is 2.77. The first kappa shape index (κ1) is 17.1. The van der Waals surface area contributed by atoms with Gasteiger partial charge in [0.1, 0.15) is 12.7 Å². The van der Waals surface area contributed by atoms with E-state index in [4.69, 9.17) is 4.74 Å². The van der Waals surface area contributed by atoms with Gasteiger partial charge in [-0.25, -0.2) is 9.67 Å². The van der Waals surface area contributed by atoms with E-state index in [2.05, 4.69) is 15.4 Å². The third kappa shape index (κ3) is 3.85. The number of benzene rings is 1. The second kappa shape index (κ2) is 7.02. The summed E-state index contributed by atoms with van der Waals surface area (Å²) in [5.41, 5.74) is 1.43. The molecule has 1 aliphatic heterocycles. The number of carbonyl (C=O) groups is 2. The number of hydrogen-bond donors (Lipinski definition) is 2. The average Bonchev–Trinajstić information content (AvgIpc) is 3.08. The quantitative estimate of drug-likeness (QED) is 0.847. The van der Waals surface area contributed by atoms with Crippen molar-refractivity contribution in [3.05, 3.63) is 42.0 Å². The zero-order valence-electron chi connectivity index (χ0n) is 13.9. The Balaban J connectivity index is 1.80. The molecule has 2 N–H and O–H groups in total. The fourth-order valence-corrected chi connectivity index (χ4v) is 3.10. The van der Waals surface area contributed by atoms with Crippen molar-refractivity contribution in [3.63, 3.8) is 0 Å². The van der Waals surface area contributed by atoms with E-state index in [1.165, 1.54) is 6.33 Å². The summed E-state index contributed by atoms with van der Waals surface area (Å²) in [5.74, 6) is -1.21. The number of carboxylic acids is 1. The summed E-state index contributed by atoms with van der Waals surface area (Å²) in [6, 6.07) is 5.26. The molecule has 0 radical (unpaired) electrons. The highest BCUT2D eigenvalue weighted by molar-refractivity contribution is 5.95. The Morgan fingerprint density at radius 1 is 1.36 bits per heavy atom. The summed E-state index contributed by atoms with van der Waals surface area (Å²) in [7, 11) is 0. The number of carbonyl (C=O) groups excluding carboxylic acids is 1. The van der Waals surface area contributed by atoms with Crippen LogP contribution < -0.4 is 5.32 Å². The number of rotatable bonds is 5. The monoisotopic (exact) mass is 344 g/mol. The summed E-state index contributed by atoms with van der Waals surface area (Å²) < 4.78 is 6.94. The minimum atomic E-state index is -0.931. The van der Waals surface area contributed by atoms with Crippen molar-refractivity contribution in [2.45, 2.75) is 31.7 Å². The number of amides is 1. The standard InChI is InChI=1S/C17H20N4O4/c1-12-8-13(2-3-14(12)21-11-18-10-19-21)16(24)20-17(9-15(22)23)4-6-25-7-5-17/h2-3,8,10-11H,4-7,9H2,1H3,(H,20,24)(H,22,23). The summed E-state index contributed by atoms with van der Waals surface area (Å²) >= 11 is 0. The SMILES string of the molecule is Cc1cc(C(=O)NC2(CC(=O)O)CCOCC2)ccc1-n1cncn1. The lowest BCUT2D eigenvalue weighted by Gasteiger charge is -2.36. The number of aromatic nitrogens is 3. The minimum Gasteiger partial charge on any atom is -0.481 e. The van der Waals surface area contributed by atoms with Gasteiger partial charge in [-0.15, -0.1) is 0 Å². The van der Waals surface area contributed by atoms with Gasteiger partial charge >= 0.3 is 5.97 Å². The zero-order valence-corrected chi connectivity index (χ0v) is 13.9. The summed E-state index contributed by atoms with van der Waals surface area (Å²) in [5, 5.41) is 16.2. The highest BCUT2D eigenvalue weighted by Gasteiger charge is 2.36. The van der Waals surface area contributed by atoms with Crippen molar-refractivity contribution in [1.82, 2.24) is 20.1 Å². The molecule has 2 aromatic rings. The first-order valence-electron chi connectivity index (χ1n) is 8.07. The second-order valence-electron chi connectivity index (χ2n) is 6.26. The van der Waals surface area contributed by atoms with Gasteiger partial charge in [0.15, 0.2) is 0 Å². The average molecular weight is 344 g/mol. The van der Waals surface area contributed by atoms with Crippen molar-refractivity contribution in [2.24, 2.45) is 0 Å². The number of carboxylic acid groups (broad SMARTS) is 1. The van der Waals surface area contributed by atoms with Crippen LogP contribution in [0.4, 0.5) is 0 Å². The van der Waals surface area contributed by atoms with Crippen LogP contribution in [0.25, 0.3) is 5.69 Å². The molecule has 132 valence electrons. The van der Waals surface area contributed by atoms with Gasteiger partial charge in [0.05, 0.1) is 17.6 Å². The normalized spacial score (nSPS) is 16.4. The van der Waals surface area contributed by atoms with Crippen LogP contribution in [-0.2, 0) is 9.53 Å². The first-order valence-corrected chi connectivity index (χ1v) is 8.07. The fourth-order valence-electron chi connectivity index (χ4n) is 3.10. The predicted molar refractivity (Wildman–Crippen MR) is 88.6 cm³/mol. The number of aryl methyl sites for hydroxylation is 1. The van der Waals surface area contributed by atoms with Gasteiger partial charge in [-0.2, -0.15) is 5.10 Å². The Kier molecular flexibility index (Phi) is 4.80. The third-order valence-corrected chi connectivity index (χ3v) is 4.44. The topological polar surface area (TPSA) is 106 Å². The lowest BCUT2D eigenvalue weighted by atomic mass is 9.86. The van der Waals surface area contributed by atoms with Crippen LogP contribution in [-0.4, -0.2) is 50.5 Å². The molecule has 0 saturated carbocycles. The van der Waals surface area contributed by atoms with Crippen molar-refractivity contribution >= 4 is 11.9 Å². The lowest BCUT2D eigenvalue weighted by Crippen LogP contribution is -2.53. The molecule has 8 nitrogen and oxygen atoms in total. The second-order valence-corrected chi connectivity index (χ2v) is 6.26. The highest BCUT2D eigenvalue weighted by atomic mass is 16.5. The van der Waals surface area contributed by atoms with Crippen LogP contribution in [0.3, 0.4) is 0 Å². The lowest BCUT2D eigenvalue weighted by molar-refractivity contribution is -0.139. The van der Waals surface area contributed by atoms with Gasteiger partial charge in [-0.1, -0.05) is 0 Å². The van der Waals surface area contributed by atoms with E-state index in [0.717, 1.165) is 11.3 Å². The third-order valence-electron chi connectivity index (χ3n) is 4.44. The molecule has 1 aromatic carbocycles. The molecule has 25 heavy (non-hydrogen) atoms. The molecule has 0 aliphatic carbocycles. The van der Waals surface area contributed by atoms with Crippen LogP contribution in [0.2, 0.25) is 0 Å². The largest absolute Gasteiger partial charge is 0.481 e. The molecular weight excluding hydrogens is 324 g/mol. The molecule has 1 fully saturated rings. The molecule has 1 amide bonds. The smallest absolute Gasteiger partial charge is 0.305 e. The van der Waals surface area contributed by atoms with Crippen LogP contribution in [0.1, 0.15) is 35.2 Å². The van der Waals surface area contributed by atoms with Crippen molar-refractivity contribution < 1.29 is 19.4 Å². The van der Waals surface area contributed by atoms with Crippen molar-refractivity contribution in [1.29, 1.82) is 0 Å². The number of aliphatic carboxylic acids is 1. The van der Waals surface area contributed by atoms with Gasteiger partial charge in [-0.3, -0.25) is 9.59 Å². The van der Waals surface area contributed by atoms with Gasteiger partial charge in [0.25, 0.3) is 5.91 Å². The molecular formula is C17H20N4O4. The highest BCUT2D eigenvalue weighted by Crippen LogP contribution is 2.25. The van der Waals surface area contributed by atoms with Gasteiger partial charge in [0.2, 0.25) is 0 Å². The first-order chi connectivity index (χ1) is 12.0. The van der Waals surface area contributed by atoms with Crippen molar-refractivity contribution in [2.75, 3.05) is 13.2 Å². The molecule has 0 spiro atoms. The van der Waals surface area contributed by atoms with Gasteiger partial charge in [0, 0.05) is 18.8 Å². The maximum atomic E-state index is 12.7. The maximum absolute atomic E-state index is 12.7. The Bertz CT molecular complexity index is 767. The molecule has 1 saturated heterocycles. The number of nitrogens with one attached hydrogen (secondary N) is 1.